The first-order valence-corrected chi connectivity index (χ1v) is 10.0. The maximum atomic E-state index is 12.6. The molecular weight excluding hydrogens is 438 g/mol. The molecule has 0 aliphatic rings. The molecule has 0 saturated heterocycles. The Labute approximate surface area is 189 Å². The molecule has 0 aliphatic heterocycles. The van der Waals surface area contributed by atoms with E-state index in [1.807, 2.05) is 0 Å². The number of carbonyl (C=O) groups excluding carboxylic acids is 4. The van der Waals surface area contributed by atoms with Crippen LogP contribution in [0.15, 0.2) is 24.3 Å². The van der Waals surface area contributed by atoms with Crippen LogP contribution in [0.2, 0.25) is 0 Å². The van der Waals surface area contributed by atoms with Crippen LogP contribution in [0.25, 0.3) is 0 Å². The molecule has 0 aliphatic carbocycles. The Kier molecular flexibility index (Phi) is 10.7. The van der Waals surface area contributed by atoms with Crippen molar-refractivity contribution in [3.63, 3.8) is 0 Å². The van der Waals surface area contributed by atoms with E-state index >= 15 is 0 Å². The van der Waals surface area contributed by atoms with Crippen LogP contribution in [0, 0.1) is 0 Å². The quantitative estimate of drug-likeness (QED) is 0.148. The number of nitrogens with one attached hydrogen (secondary N) is 3. The Morgan fingerprint density at radius 1 is 0.939 bits per heavy atom. The fraction of sp³-hybridized carbons (Fsp3) is 0.450. The lowest BCUT2D eigenvalue weighted by molar-refractivity contribution is -0.141. The Bertz CT molecular complexity index is 861. The number of phenols is 1. The van der Waals surface area contributed by atoms with E-state index in [0.717, 1.165) is 0 Å². The summed E-state index contributed by atoms with van der Waals surface area (Å²) in [6.07, 6.45) is -0.296. The lowest BCUT2D eigenvalue weighted by Crippen LogP contribution is -2.58. The molecule has 10 N–H and O–H groups in total. The smallest absolute Gasteiger partial charge is 0.325 e. The van der Waals surface area contributed by atoms with E-state index in [0.29, 0.717) is 5.56 Å². The zero-order chi connectivity index (χ0) is 25.1. The summed E-state index contributed by atoms with van der Waals surface area (Å²) >= 11 is 0. The summed E-state index contributed by atoms with van der Waals surface area (Å²) in [5.74, 6) is -4.51. The molecule has 0 spiro atoms. The van der Waals surface area contributed by atoms with E-state index in [9.17, 15) is 34.2 Å². The van der Waals surface area contributed by atoms with Crippen LogP contribution in [-0.2, 0) is 30.4 Å². The van der Waals surface area contributed by atoms with Crippen molar-refractivity contribution >= 4 is 29.6 Å². The second-order valence-electron chi connectivity index (χ2n) is 7.36. The van der Waals surface area contributed by atoms with Gasteiger partial charge < -0.3 is 42.7 Å². The molecule has 0 heterocycles. The number of aliphatic hydroxyl groups excluding tert-OH is 1. The van der Waals surface area contributed by atoms with Crippen LogP contribution in [0.5, 0.6) is 5.75 Å². The van der Waals surface area contributed by atoms with Gasteiger partial charge in [0, 0.05) is 12.8 Å². The van der Waals surface area contributed by atoms with Gasteiger partial charge in [0.1, 0.15) is 23.9 Å². The van der Waals surface area contributed by atoms with Gasteiger partial charge in [-0.25, -0.2) is 0 Å². The van der Waals surface area contributed by atoms with Crippen LogP contribution < -0.4 is 27.4 Å². The summed E-state index contributed by atoms with van der Waals surface area (Å²) in [5, 5.41) is 34.8. The predicted octanol–water partition coefficient (Wildman–Crippen LogP) is -2.92. The first-order valence-electron chi connectivity index (χ1n) is 10.0. The second-order valence-corrected chi connectivity index (χ2v) is 7.36. The third kappa shape index (κ3) is 9.53. The molecule has 182 valence electrons. The number of nitrogens with two attached hydrogens (primary N) is 2. The number of primary amides is 1. The molecule has 1 rings (SSSR count). The van der Waals surface area contributed by atoms with Crippen molar-refractivity contribution in [1.29, 1.82) is 0 Å². The molecule has 1 aromatic carbocycles. The molecule has 33 heavy (non-hydrogen) atoms. The number of phenolic OH excluding ortho intramolecular Hbond substituents is 1. The van der Waals surface area contributed by atoms with E-state index in [1.165, 1.54) is 31.2 Å². The van der Waals surface area contributed by atoms with Crippen LogP contribution in [0.3, 0.4) is 0 Å². The fourth-order valence-electron chi connectivity index (χ4n) is 2.63. The molecular formula is C20H29N5O8. The van der Waals surface area contributed by atoms with Gasteiger partial charge in [-0.15, -0.1) is 0 Å². The van der Waals surface area contributed by atoms with Crippen LogP contribution in [0.1, 0.15) is 25.3 Å². The highest BCUT2D eigenvalue weighted by Crippen LogP contribution is 2.12. The van der Waals surface area contributed by atoms with Crippen LogP contribution >= 0.6 is 0 Å². The molecule has 4 unspecified atom stereocenters. The van der Waals surface area contributed by atoms with E-state index in [1.54, 1.807) is 0 Å². The number of aromatic hydroxyl groups is 1. The number of benzene rings is 1. The number of amides is 4. The number of rotatable bonds is 13. The van der Waals surface area contributed by atoms with Gasteiger partial charge in [0.05, 0.1) is 12.6 Å². The zero-order valence-corrected chi connectivity index (χ0v) is 18.0. The summed E-state index contributed by atoms with van der Waals surface area (Å²) < 4.78 is 0. The molecule has 0 radical (unpaired) electrons. The summed E-state index contributed by atoms with van der Waals surface area (Å²) in [5.41, 5.74) is 11.2. The summed E-state index contributed by atoms with van der Waals surface area (Å²) in [6.45, 7) is 0.420. The normalized spacial score (nSPS) is 14.3. The van der Waals surface area contributed by atoms with E-state index < -0.39 is 60.4 Å². The molecule has 1 aromatic rings. The van der Waals surface area contributed by atoms with Gasteiger partial charge in [-0.05, 0) is 31.0 Å². The van der Waals surface area contributed by atoms with Crippen molar-refractivity contribution in [2.75, 3.05) is 6.61 Å². The van der Waals surface area contributed by atoms with Gasteiger partial charge in [-0.2, -0.15) is 0 Å². The summed E-state index contributed by atoms with van der Waals surface area (Å²) in [7, 11) is 0. The number of hydrogen-bond donors (Lipinski definition) is 8. The minimum atomic E-state index is -1.47. The maximum Gasteiger partial charge on any atom is 0.325 e. The second kappa shape index (κ2) is 13.0. The van der Waals surface area contributed by atoms with Crippen molar-refractivity contribution in [1.82, 2.24) is 16.0 Å². The highest BCUT2D eigenvalue weighted by molar-refractivity contribution is 5.94. The Morgan fingerprint density at radius 3 is 2.00 bits per heavy atom. The van der Waals surface area contributed by atoms with Crippen molar-refractivity contribution in [3.05, 3.63) is 29.8 Å². The number of carboxylic acid groups (broad SMARTS) is 1. The van der Waals surface area contributed by atoms with Gasteiger partial charge in [0.15, 0.2) is 0 Å². The van der Waals surface area contributed by atoms with Crippen molar-refractivity contribution in [2.24, 2.45) is 11.5 Å². The predicted molar refractivity (Wildman–Crippen MR) is 114 cm³/mol. The lowest BCUT2D eigenvalue weighted by atomic mass is 10.0. The molecule has 0 fully saturated rings. The Balaban J connectivity index is 2.93. The van der Waals surface area contributed by atoms with E-state index in [2.05, 4.69) is 16.0 Å². The van der Waals surface area contributed by atoms with Gasteiger partial charge in [-0.3, -0.25) is 24.0 Å². The molecule has 4 amide bonds. The highest BCUT2D eigenvalue weighted by Gasteiger charge is 2.29. The monoisotopic (exact) mass is 467 g/mol. The molecule has 4 atom stereocenters. The third-order valence-electron chi connectivity index (χ3n) is 4.59. The minimum Gasteiger partial charge on any atom is -0.508 e. The van der Waals surface area contributed by atoms with Gasteiger partial charge in [-0.1, -0.05) is 12.1 Å². The third-order valence-corrected chi connectivity index (χ3v) is 4.59. The minimum absolute atomic E-state index is 0.0148. The van der Waals surface area contributed by atoms with Gasteiger partial charge >= 0.3 is 5.97 Å². The first-order chi connectivity index (χ1) is 15.4. The lowest BCUT2D eigenvalue weighted by Gasteiger charge is -2.24. The average Bonchev–Trinajstić information content (AvgIpc) is 2.76. The number of aliphatic carboxylic acids is 1. The fourth-order valence-corrected chi connectivity index (χ4v) is 2.63. The Morgan fingerprint density at radius 2 is 1.48 bits per heavy atom. The first kappa shape index (κ1) is 27.3. The summed E-state index contributed by atoms with van der Waals surface area (Å²) in [4.78, 5) is 59.3. The van der Waals surface area contributed by atoms with Crippen molar-refractivity contribution < 1.29 is 39.3 Å². The molecule has 0 saturated carbocycles. The standard InChI is InChI=1S/C20H29N5O8/c1-10(20(32)33)23-18(30)14(8-11-2-4-12(27)5-3-11)24-19(31)15(9-26)25-17(29)13(21)6-7-16(22)28/h2-5,10,13-15,26-27H,6-9,21H2,1H3,(H2,22,28)(H,23,30)(H,24,31)(H,25,29)(H,32,33). The van der Waals surface area contributed by atoms with Crippen molar-refractivity contribution in [2.45, 2.75) is 50.4 Å². The molecule has 0 bridgehead atoms. The maximum absolute atomic E-state index is 12.6. The number of aliphatic hydroxyl groups is 1. The number of carbonyl (C=O) groups is 5. The molecule has 13 nitrogen and oxygen atoms in total. The van der Waals surface area contributed by atoms with Crippen LogP contribution in [0.4, 0.5) is 0 Å². The van der Waals surface area contributed by atoms with Crippen LogP contribution in [-0.4, -0.2) is 75.7 Å². The van der Waals surface area contributed by atoms with E-state index in [4.69, 9.17) is 16.6 Å². The number of hydrogen-bond acceptors (Lipinski definition) is 8. The topological polar surface area (TPSA) is 234 Å². The highest BCUT2D eigenvalue weighted by atomic mass is 16.4. The van der Waals surface area contributed by atoms with E-state index in [-0.39, 0.29) is 25.0 Å². The SMILES string of the molecule is CC(NC(=O)C(Cc1ccc(O)cc1)NC(=O)C(CO)NC(=O)C(N)CCC(N)=O)C(=O)O. The Hall–Kier alpha value is -3.71. The average molecular weight is 467 g/mol. The zero-order valence-electron chi connectivity index (χ0n) is 18.0. The molecule has 13 heteroatoms. The largest absolute Gasteiger partial charge is 0.508 e. The number of carboxylic acids is 1. The summed E-state index contributed by atoms with van der Waals surface area (Å²) in [6, 6.07) is 0.617. The van der Waals surface area contributed by atoms with Crippen molar-refractivity contribution in [3.8, 4) is 5.75 Å². The molecule has 0 aromatic heterocycles. The van der Waals surface area contributed by atoms with Gasteiger partial charge in [0.25, 0.3) is 0 Å². The van der Waals surface area contributed by atoms with Gasteiger partial charge in [0.2, 0.25) is 23.6 Å².